The molecule has 4 atom stereocenters. The van der Waals surface area contributed by atoms with Crippen molar-refractivity contribution < 1.29 is 19.1 Å². The first-order valence-corrected chi connectivity index (χ1v) is 14.3. The molecule has 39 heavy (non-hydrogen) atoms. The number of fused-ring (bicyclic) bond motifs is 2. The van der Waals surface area contributed by atoms with Crippen LogP contribution in [0.3, 0.4) is 0 Å². The minimum Gasteiger partial charge on any atom is -0.483 e. The molecule has 3 N–H and O–H groups in total. The quantitative estimate of drug-likeness (QED) is 0.497. The van der Waals surface area contributed by atoms with Crippen LogP contribution in [0.1, 0.15) is 54.4 Å². The Morgan fingerprint density at radius 3 is 2.36 bits per heavy atom. The molecule has 5 rings (SSSR count). The molecule has 0 aliphatic carbocycles. The van der Waals surface area contributed by atoms with Crippen molar-refractivity contribution in [3.05, 3.63) is 63.6 Å². The number of ether oxygens (including phenoxy) is 1. The number of piperidine rings is 2. The number of carbonyl (C=O) groups is 3. The van der Waals surface area contributed by atoms with E-state index >= 15 is 0 Å². The predicted octanol–water partition coefficient (Wildman–Crippen LogP) is 4.02. The summed E-state index contributed by atoms with van der Waals surface area (Å²) in [5.74, 6) is -0.992. The lowest BCUT2D eigenvalue weighted by atomic mass is 9.96. The third-order valence-electron chi connectivity index (χ3n) is 8.17. The minimum atomic E-state index is -0.406. The van der Waals surface area contributed by atoms with Gasteiger partial charge in [-0.2, -0.15) is 0 Å². The molecule has 10 heteroatoms. The third-order valence-corrected chi connectivity index (χ3v) is 8.66. The summed E-state index contributed by atoms with van der Waals surface area (Å²) in [7, 11) is 0. The molecule has 3 saturated heterocycles. The maximum Gasteiger partial charge on any atom is 0.258 e. The number of hydrogen-bond donors (Lipinski definition) is 2. The van der Waals surface area contributed by atoms with E-state index in [4.69, 9.17) is 33.7 Å². The van der Waals surface area contributed by atoms with Gasteiger partial charge in [-0.05, 0) is 74.4 Å². The molecule has 0 saturated carbocycles. The van der Waals surface area contributed by atoms with Gasteiger partial charge in [-0.25, -0.2) is 0 Å². The van der Waals surface area contributed by atoms with Crippen LogP contribution < -0.4 is 15.8 Å². The molecule has 0 spiro atoms. The Labute approximate surface area is 238 Å². The Balaban J connectivity index is 1.16. The Kier molecular flexibility index (Phi) is 8.64. The number of amides is 3. The summed E-state index contributed by atoms with van der Waals surface area (Å²) in [4.78, 5) is 42.0. The highest BCUT2D eigenvalue weighted by atomic mass is 35.5. The summed E-state index contributed by atoms with van der Waals surface area (Å²) < 4.78 is 5.83. The summed E-state index contributed by atoms with van der Waals surface area (Å²) in [6, 6.07) is 13.7. The van der Waals surface area contributed by atoms with Crippen LogP contribution in [0.25, 0.3) is 0 Å². The van der Waals surface area contributed by atoms with Crippen molar-refractivity contribution in [2.24, 2.45) is 11.7 Å². The maximum absolute atomic E-state index is 13.3. The van der Waals surface area contributed by atoms with Gasteiger partial charge < -0.3 is 20.7 Å². The van der Waals surface area contributed by atoms with E-state index in [0.717, 1.165) is 37.3 Å². The van der Waals surface area contributed by atoms with Crippen molar-refractivity contribution in [2.75, 3.05) is 19.7 Å². The third kappa shape index (κ3) is 6.68. The number of rotatable bonds is 8. The summed E-state index contributed by atoms with van der Waals surface area (Å²) in [6.45, 7) is 1.47. The highest BCUT2D eigenvalue weighted by molar-refractivity contribution is 6.31. The molecular weight excluding hydrogens is 539 g/mol. The van der Waals surface area contributed by atoms with Gasteiger partial charge in [0.05, 0.1) is 11.5 Å². The van der Waals surface area contributed by atoms with E-state index in [2.05, 4.69) is 22.3 Å². The largest absolute Gasteiger partial charge is 0.483 e. The van der Waals surface area contributed by atoms with Crippen LogP contribution in [-0.2, 0) is 16.1 Å². The Morgan fingerprint density at radius 2 is 1.67 bits per heavy atom. The van der Waals surface area contributed by atoms with Crippen molar-refractivity contribution in [1.29, 1.82) is 0 Å². The van der Waals surface area contributed by atoms with Gasteiger partial charge in [0.1, 0.15) is 5.75 Å². The Bertz CT molecular complexity index is 1210. The van der Waals surface area contributed by atoms with Gasteiger partial charge in [0, 0.05) is 47.8 Å². The lowest BCUT2D eigenvalue weighted by Crippen LogP contribution is -2.50. The van der Waals surface area contributed by atoms with Gasteiger partial charge >= 0.3 is 0 Å². The van der Waals surface area contributed by atoms with E-state index in [9.17, 15) is 14.4 Å². The van der Waals surface area contributed by atoms with Crippen molar-refractivity contribution in [3.8, 4) is 5.75 Å². The average molecular weight is 574 g/mol. The second-order valence-corrected chi connectivity index (χ2v) is 11.7. The number of benzene rings is 2. The van der Waals surface area contributed by atoms with E-state index < -0.39 is 5.91 Å². The van der Waals surface area contributed by atoms with E-state index in [1.165, 1.54) is 5.56 Å². The molecule has 2 aromatic carbocycles. The predicted molar refractivity (Wildman–Crippen MR) is 150 cm³/mol. The number of nitrogens with two attached hydrogens (primary N) is 1. The van der Waals surface area contributed by atoms with Gasteiger partial charge in [-0.15, -0.1) is 0 Å². The first-order valence-electron chi connectivity index (χ1n) is 13.6. The van der Waals surface area contributed by atoms with Crippen molar-refractivity contribution >= 4 is 40.9 Å². The SMILES string of the molecule is NC(=O)C1CCCN(C(=O)c2cc(Cl)ccc2OCC(=O)N[C@H]2C[C@H]3CC[C@@H](C2)N3Cc2ccc(Cl)cc2)C1. The monoisotopic (exact) mass is 572 g/mol. The zero-order valence-corrected chi connectivity index (χ0v) is 23.3. The van der Waals surface area contributed by atoms with Crippen LogP contribution >= 0.6 is 23.2 Å². The fourth-order valence-electron chi connectivity index (χ4n) is 6.22. The first kappa shape index (κ1) is 27.7. The summed E-state index contributed by atoms with van der Waals surface area (Å²) in [6.07, 6.45) is 5.42. The fourth-order valence-corrected chi connectivity index (χ4v) is 6.52. The zero-order valence-electron chi connectivity index (χ0n) is 21.8. The molecule has 208 valence electrons. The number of nitrogens with zero attached hydrogens (tertiary/aromatic N) is 2. The zero-order chi connectivity index (χ0) is 27.5. The highest BCUT2D eigenvalue weighted by Gasteiger charge is 2.41. The van der Waals surface area contributed by atoms with E-state index in [-0.39, 0.29) is 42.5 Å². The summed E-state index contributed by atoms with van der Waals surface area (Å²) in [5, 5.41) is 4.27. The molecule has 3 heterocycles. The molecule has 3 aliphatic rings. The fraction of sp³-hybridized carbons (Fsp3) is 0.483. The van der Waals surface area contributed by atoms with Crippen LogP contribution in [0.2, 0.25) is 10.0 Å². The smallest absolute Gasteiger partial charge is 0.258 e. The van der Waals surface area contributed by atoms with Crippen LogP contribution in [0.5, 0.6) is 5.75 Å². The molecule has 0 radical (unpaired) electrons. The molecule has 0 aromatic heterocycles. The number of primary amides is 1. The highest BCUT2D eigenvalue weighted by Crippen LogP contribution is 2.37. The second-order valence-electron chi connectivity index (χ2n) is 10.8. The van der Waals surface area contributed by atoms with Crippen LogP contribution in [0.4, 0.5) is 0 Å². The van der Waals surface area contributed by atoms with Gasteiger partial charge in [0.15, 0.2) is 6.61 Å². The minimum absolute atomic E-state index is 0.0884. The molecule has 3 aliphatic heterocycles. The van der Waals surface area contributed by atoms with Gasteiger partial charge in [0.25, 0.3) is 11.8 Å². The lowest BCUT2D eigenvalue weighted by molar-refractivity contribution is -0.124. The van der Waals surface area contributed by atoms with Gasteiger partial charge in [-0.3, -0.25) is 19.3 Å². The first-order chi connectivity index (χ1) is 18.8. The van der Waals surface area contributed by atoms with E-state index in [1.54, 1.807) is 23.1 Å². The molecular formula is C29H34Cl2N4O4. The Morgan fingerprint density at radius 1 is 0.974 bits per heavy atom. The number of likely N-dealkylation sites (tertiary alicyclic amines) is 1. The number of nitrogens with one attached hydrogen (secondary N) is 1. The lowest BCUT2D eigenvalue weighted by Gasteiger charge is -2.39. The summed E-state index contributed by atoms with van der Waals surface area (Å²) in [5.41, 5.74) is 6.99. The number of hydrogen-bond acceptors (Lipinski definition) is 5. The van der Waals surface area contributed by atoms with Crippen LogP contribution in [0.15, 0.2) is 42.5 Å². The summed E-state index contributed by atoms with van der Waals surface area (Å²) >= 11 is 12.2. The molecule has 3 amide bonds. The Hall–Kier alpha value is -2.81. The van der Waals surface area contributed by atoms with Gasteiger partial charge in [-0.1, -0.05) is 35.3 Å². The van der Waals surface area contributed by atoms with Crippen molar-refractivity contribution in [3.63, 3.8) is 0 Å². The number of carbonyl (C=O) groups excluding carboxylic acids is 3. The molecule has 1 unspecified atom stereocenters. The molecule has 3 fully saturated rings. The van der Waals surface area contributed by atoms with Crippen LogP contribution in [-0.4, -0.2) is 65.3 Å². The van der Waals surface area contributed by atoms with E-state index in [1.807, 2.05) is 12.1 Å². The van der Waals surface area contributed by atoms with Crippen LogP contribution in [0, 0.1) is 5.92 Å². The number of halogens is 2. The normalized spacial score (nSPS) is 24.8. The average Bonchev–Trinajstić information content (AvgIpc) is 3.15. The molecule has 2 aromatic rings. The van der Waals surface area contributed by atoms with Crippen molar-refractivity contribution in [1.82, 2.24) is 15.1 Å². The maximum atomic E-state index is 13.3. The van der Waals surface area contributed by atoms with Crippen molar-refractivity contribution in [2.45, 2.75) is 63.2 Å². The second kappa shape index (κ2) is 12.1. The topological polar surface area (TPSA) is 105 Å². The molecule has 8 nitrogen and oxygen atoms in total. The standard InChI is InChI=1S/C29H34Cl2N4O4/c30-20-5-3-18(4-6-20)15-35-23-8-9-24(35)14-22(13-23)33-27(36)17-39-26-10-7-21(31)12-25(26)29(38)34-11-1-2-19(16-34)28(32)37/h3-7,10,12,19,22-24H,1-2,8-9,11,13-17H2,(H2,32,37)(H,33,36)/t19?,22-,23+,24-. The van der Waals surface area contributed by atoms with E-state index in [0.29, 0.717) is 42.2 Å². The van der Waals surface area contributed by atoms with Gasteiger partial charge in [0.2, 0.25) is 5.91 Å². The molecule has 2 bridgehead atoms.